The second-order valence-corrected chi connectivity index (χ2v) is 5.15. The first kappa shape index (κ1) is 12.9. The van der Waals surface area contributed by atoms with Gasteiger partial charge in [-0.15, -0.1) is 0 Å². The molecule has 0 saturated heterocycles. The molecule has 0 saturated carbocycles. The summed E-state index contributed by atoms with van der Waals surface area (Å²) in [5.74, 6) is -1.29. The van der Waals surface area contributed by atoms with Gasteiger partial charge in [-0.05, 0) is 12.1 Å². The fraction of sp³-hybridized carbons (Fsp3) is 0.214. The third kappa shape index (κ3) is 1.95. The van der Waals surface area contributed by atoms with Crippen molar-refractivity contribution in [2.45, 2.75) is 18.7 Å². The van der Waals surface area contributed by atoms with E-state index in [1.807, 2.05) is 0 Å². The lowest BCUT2D eigenvalue weighted by Gasteiger charge is -2.28. The molecule has 2 aromatic heterocycles. The summed E-state index contributed by atoms with van der Waals surface area (Å²) in [6, 6.07) is 3.85. The summed E-state index contributed by atoms with van der Waals surface area (Å²) in [7, 11) is 0. The SMILES string of the molecule is Fc1ccc(C2(Cn3cncn3)Cn3ccnc3O2)c(F)c1. The molecule has 3 heterocycles. The van der Waals surface area contributed by atoms with E-state index in [1.165, 1.54) is 24.8 Å². The average Bonchev–Trinajstić information content (AvgIpc) is 3.15. The van der Waals surface area contributed by atoms with Gasteiger partial charge in [-0.25, -0.2) is 23.4 Å². The van der Waals surface area contributed by atoms with Crippen LogP contribution in [0.4, 0.5) is 8.78 Å². The summed E-state index contributed by atoms with van der Waals surface area (Å²) in [5, 5.41) is 4.04. The Kier molecular flexibility index (Phi) is 2.72. The number of hydrogen-bond donors (Lipinski definition) is 0. The van der Waals surface area contributed by atoms with E-state index < -0.39 is 17.2 Å². The zero-order valence-electron chi connectivity index (χ0n) is 11.4. The van der Waals surface area contributed by atoms with Crippen LogP contribution in [-0.2, 0) is 18.7 Å². The Labute approximate surface area is 124 Å². The Balaban J connectivity index is 1.80. The quantitative estimate of drug-likeness (QED) is 0.739. The first-order chi connectivity index (χ1) is 10.7. The molecule has 22 heavy (non-hydrogen) atoms. The summed E-state index contributed by atoms with van der Waals surface area (Å²) >= 11 is 0. The van der Waals surface area contributed by atoms with Crippen molar-refractivity contribution >= 4 is 0 Å². The summed E-state index contributed by atoms with van der Waals surface area (Å²) in [4.78, 5) is 7.98. The van der Waals surface area contributed by atoms with Crippen molar-refractivity contribution in [3.8, 4) is 6.01 Å². The fourth-order valence-corrected chi connectivity index (χ4v) is 2.75. The number of benzene rings is 1. The molecule has 0 aliphatic carbocycles. The molecule has 1 atom stereocenters. The lowest BCUT2D eigenvalue weighted by atomic mass is 9.93. The predicted molar refractivity (Wildman–Crippen MR) is 70.9 cm³/mol. The van der Waals surface area contributed by atoms with Crippen molar-refractivity contribution in [1.82, 2.24) is 24.3 Å². The van der Waals surface area contributed by atoms with Gasteiger partial charge in [-0.1, -0.05) is 0 Å². The van der Waals surface area contributed by atoms with Gasteiger partial charge in [0.15, 0.2) is 5.60 Å². The van der Waals surface area contributed by atoms with E-state index in [9.17, 15) is 8.78 Å². The van der Waals surface area contributed by atoms with Gasteiger partial charge in [0.05, 0.1) is 13.1 Å². The molecule has 112 valence electrons. The second-order valence-electron chi connectivity index (χ2n) is 5.15. The van der Waals surface area contributed by atoms with Crippen molar-refractivity contribution in [2.75, 3.05) is 0 Å². The molecule has 3 aromatic rings. The zero-order chi connectivity index (χ0) is 15.2. The lowest BCUT2D eigenvalue weighted by Crippen LogP contribution is -2.38. The van der Waals surface area contributed by atoms with E-state index in [-0.39, 0.29) is 12.1 Å². The Morgan fingerprint density at radius 2 is 2.23 bits per heavy atom. The van der Waals surface area contributed by atoms with Crippen LogP contribution in [0.3, 0.4) is 0 Å². The highest BCUT2D eigenvalue weighted by atomic mass is 19.1. The van der Waals surface area contributed by atoms with Crippen LogP contribution >= 0.6 is 0 Å². The van der Waals surface area contributed by atoms with Gasteiger partial charge < -0.3 is 4.74 Å². The number of halogens is 2. The van der Waals surface area contributed by atoms with Crippen LogP contribution in [0.1, 0.15) is 5.56 Å². The predicted octanol–water partition coefficient (Wildman–Crippen LogP) is 1.74. The highest BCUT2D eigenvalue weighted by Crippen LogP contribution is 2.38. The minimum Gasteiger partial charge on any atom is -0.449 e. The molecule has 8 heteroatoms. The maximum absolute atomic E-state index is 14.3. The summed E-state index contributed by atoms with van der Waals surface area (Å²) in [6.07, 6.45) is 6.27. The Bertz CT molecular complexity index is 794. The molecule has 0 radical (unpaired) electrons. The van der Waals surface area contributed by atoms with Gasteiger partial charge in [0.1, 0.15) is 24.3 Å². The molecular weight excluding hydrogens is 292 g/mol. The molecule has 4 rings (SSSR count). The maximum atomic E-state index is 14.3. The van der Waals surface area contributed by atoms with Crippen molar-refractivity contribution < 1.29 is 13.5 Å². The first-order valence-electron chi connectivity index (χ1n) is 6.64. The molecule has 1 aliphatic rings. The van der Waals surface area contributed by atoms with Gasteiger partial charge in [0.2, 0.25) is 0 Å². The number of nitrogens with zero attached hydrogens (tertiary/aromatic N) is 5. The average molecular weight is 303 g/mol. The zero-order valence-corrected chi connectivity index (χ0v) is 11.4. The van der Waals surface area contributed by atoms with Gasteiger partial charge in [0, 0.05) is 24.0 Å². The van der Waals surface area contributed by atoms with E-state index >= 15 is 0 Å². The van der Waals surface area contributed by atoms with E-state index in [2.05, 4.69) is 15.1 Å². The minimum atomic E-state index is -1.05. The van der Waals surface area contributed by atoms with Crippen LogP contribution in [0.2, 0.25) is 0 Å². The van der Waals surface area contributed by atoms with Gasteiger partial charge in [-0.2, -0.15) is 5.10 Å². The topological polar surface area (TPSA) is 57.8 Å². The van der Waals surface area contributed by atoms with Crippen LogP contribution in [0.15, 0.2) is 43.2 Å². The molecule has 0 bridgehead atoms. The van der Waals surface area contributed by atoms with Gasteiger partial charge >= 0.3 is 0 Å². The number of hydrogen-bond acceptors (Lipinski definition) is 4. The fourth-order valence-electron chi connectivity index (χ4n) is 2.75. The highest BCUT2D eigenvalue weighted by molar-refractivity contribution is 5.29. The number of ether oxygens (including phenoxy) is 1. The third-order valence-electron chi connectivity index (χ3n) is 3.70. The number of rotatable bonds is 3. The van der Waals surface area contributed by atoms with Crippen LogP contribution < -0.4 is 4.74 Å². The summed E-state index contributed by atoms with van der Waals surface area (Å²) < 4.78 is 36.8. The Morgan fingerprint density at radius 1 is 1.32 bits per heavy atom. The standard InChI is InChI=1S/C14H11F2N5O/c15-10-1-2-11(12(16)5-10)14(7-21-9-17-8-19-21)6-20-4-3-18-13(20)22-14/h1-5,8-9H,6-7H2. The number of fused-ring (bicyclic) bond motifs is 1. The lowest BCUT2D eigenvalue weighted by molar-refractivity contribution is 0.0572. The van der Waals surface area contributed by atoms with Crippen LogP contribution in [0.5, 0.6) is 6.01 Å². The Morgan fingerprint density at radius 3 is 2.95 bits per heavy atom. The molecule has 1 aromatic carbocycles. The molecular formula is C14H11F2N5O. The summed E-state index contributed by atoms with van der Waals surface area (Å²) in [6.45, 7) is 0.587. The van der Waals surface area contributed by atoms with Crippen molar-refractivity contribution in [1.29, 1.82) is 0 Å². The molecule has 0 N–H and O–H groups in total. The van der Waals surface area contributed by atoms with E-state index in [0.29, 0.717) is 12.6 Å². The van der Waals surface area contributed by atoms with Gasteiger partial charge in [0.25, 0.3) is 6.01 Å². The highest BCUT2D eigenvalue weighted by Gasteiger charge is 2.44. The molecule has 0 fully saturated rings. The largest absolute Gasteiger partial charge is 0.449 e. The van der Waals surface area contributed by atoms with Crippen molar-refractivity contribution in [3.05, 3.63) is 60.4 Å². The monoisotopic (exact) mass is 303 g/mol. The van der Waals surface area contributed by atoms with Crippen LogP contribution in [0.25, 0.3) is 0 Å². The third-order valence-corrected chi connectivity index (χ3v) is 3.70. The van der Waals surface area contributed by atoms with E-state index in [4.69, 9.17) is 4.74 Å². The van der Waals surface area contributed by atoms with Crippen LogP contribution in [-0.4, -0.2) is 24.3 Å². The van der Waals surface area contributed by atoms with E-state index in [1.54, 1.807) is 21.6 Å². The first-order valence-corrected chi connectivity index (χ1v) is 6.64. The van der Waals surface area contributed by atoms with Crippen molar-refractivity contribution in [3.63, 3.8) is 0 Å². The normalized spacial score (nSPS) is 19.9. The molecule has 0 spiro atoms. The van der Waals surface area contributed by atoms with Gasteiger partial charge in [-0.3, -0.25) is 4.57 Å². The molecule has 1 aliphatic heterocycles. The van der Waals surface area contributed by atoms with E-state index in [0.717, 1.165) is 6.07 Å². The molecule has 1 unspecified atom stereocenters. The summed E-state index contributed by atoms with van der Waals surface area (Å²) in [5.41, 5.74) is -0.787. The second kappa shape index (κ2) is 4.62. The number of imidazole rings is 1. The maximum Gasteiger partial charge on any atom is 0.297 e. The minimum absolute atomic E-state index is 0.235. The molecule has 0 amide bonds. The number of aromatic nitrogens is 5. The smallest absolute Gasteiger partial charge is 0.297 e. The Hall–Kier alpha value is -2.77. The van der Waals surface area contributed by atoms with Crippen LogP contribution in [0, 0.1) is 11.6 Å². The van der Waals surface area contributed by atoms with Crippen molar-refractivity contribution in [2.24, 2.45) is 0 Å². The molecule has 6 nitrogen and oxygen atoms in total.